The maximum Gasteiger partial charge on any atom is 0.0950 e. The third-order valence-electron chi connectivity index (χ3n) is 3.14. The van der Waals surface area contributed by atoms with E-state index in [4.69, 9.17) is 11.1 Å². The largest absolute Gasteiger partial charge is 0.387 e. The number of fused-ring (bicyclic) bond motifs is 2. The van der Waals surface area contributed by atoms with Gasteiger partial charge in [0, 0.05) is 19.0 Å². The Morgan fingerprint density at radius 3 is 2.92 bits per heavy atom. The Hall–Kier alpha value is -0.570. The van der Waals surface area contributed by atoms with Gasteiger partial charge in [-0.2, -0.15) is 0 Å². The predicted octanol–water partition coefficient (Wildman–Crippen LogP) is 0.654. The molecule has 0 aromatic heterocycles. The fourth-order valence-electron chi connectivity index (χ4n) is 2.52. The van der Waals surface area contributed by atoms with Crippen LogP contribution in [-0.2, 0) is 0 Å². The zero-order chi connectivity index (χ0) is 8.55. The summed E-state index contributed by atoms with van der Waals surface area (Å²) in [6, 6.07) is 0. The summed E-state index contributed by atoms with van der Waals surface area (Å²) in [4.78, 5) is 2.46. The molecule has 3 atom stereocenters. The van der Waals surface area contributed by atoms with Crippen molar-refractivity contribution in [2.45, 2.75) is 19.3 Å². The van der Waals surface area contributed by atoms with Crippen LogP contribution in [0.3, 0.4) is 0 Å². The number of hydrogen-bond donors (Lipinski definition) is 2. The monoisotopic (exact) mass is 167 g/mol. The van der Waals surface area contributed by atoms with E-state index >= 15 is 0 Å². The van der Waals surface area contributed by atoms with Gasteiger partial charge in [-0.25, -0.2) is 0 Å². The highest BCUT2D eigenvalue weighted by Crippen LogP contribution is 2.29. The van der Waals surface area contributed by atoms with Gasteiger partial charge in [0.15, 0.2) is 0 Å². The van der Waals surface area contributed by atoms with Crippen LogP contribution in [0.2, 0.25) is 0 Å². The van der Waals surface area contributed by atoms with Crippen LogP contribution in [0.1, 0.15) is 19.3 Å². The second kappa shape index (κ2) is 3.05. The first-order valence-electron chi connectivity index (χ1n) is 4.82. The Kier molecular flexibility index (Phi) is 2.05. The molecule has 68 valence electrons. The number of rotatable bonds is 1. The molecule has 0 amide bonds. The van der Waals surface area contributed by atoms with Gasteiger partial charge in [-0.3, -0.25) is 5.41 Å². The van der Waals surface area contributed by atoms with Crippen molar-refractivity contribution < 1.29 is 0 Å². The van der Waals surface area contributed by atoms with Crippen LogP contribution in [0.15, 0.2) is 0 Å². The smallest absolute Gasteiger partial charge is 0.0950 e. The van der Waals surface area contributed by atoms with Crippen molar-refractivity contribution in [3.63, 3.8) is 0 Å². The lowest BCUT2D eigenvalue weighted by molar-refractivity contribution is 0.104. The summed E-state index contributed by atoms with van der Waals surface area (Å²) in [6.07, 6.45) is 3.85. The lowest BCUT2D eigenvalue weighted by Gasteiger charge is -2.41. The van der Waals surface area contributed by atoms with Crippen molar-refractivity contribution in [3.8, 4) is 0 Å². The Labute approximate surface area is 73.4 Å². The maximum absolute atomic E-state index is 7.42. The van der Waals surface area contributed by atoms with E-state index in [1.54, 1.807) is 0 Å². The molecule has 3 nitrogen and oxygen atoms in total. The number of nitrogens with zero attached hydrogens (tertiary/aromatic N) is 1. The minimum atomic E-state index is 0.351. The van der Waals surface area contributed by atoms with Gasteiger partial charge in [-0.1, -0.05) is 0 Å². The Morgan fingerprint density at radius 1 is 1.42 bits per heavy atom. The lowest BCUT2D eigenvalue weighted by atomic mass is 9.83. The van der Waals surface area contributed by atoms with Crippen LogP contribution < -0.4 is 5.73 Å². The molecule has 0 spiro atoms. The first-order chi connectivity index (χ1) is 5.75. The summed E-state index contributed by atoms with van der Waals surface area (Å²) in [7, 11) is 0. The molecular formula is C9H17N3. The second-order valence-electron chi connectivity index (χ2n) is 4.16. The van der Waals surface area contributed by atoms with Crippen molar-refractivity contribution in [2.75, 3.05) is 19.6 Å². The minimum Gasteiger partial charge on any atom is -0.387 e. The molecule has 2 bridgehead atoms. The minimum absolute atomic E-state index is 0.351. The molecule has 2 aliphatic heterocycles. The summed E-state index contributed by atoms with van der Waals surface area (Å²) >= 11 is 0. The van der Waals surface area contributed by atoms with Gasteiger partial charge in [0.1, 0.15) is 0 Å². The van der Waals surface area contributed by atoms with E-state index in [0.717, 1.165) is 18.9 Å². The summed E-state index contributed by atoms with van der Waals surface area (Å²) in [5, 5.41) is 7.42. The zero-order valence-electron chi connectivity index (χ0n) is 7.42. The summed E-state index contributed by atoms with van der Waals surface area (Å²) in [5.74, 6) is 1.57. The Bertz CT molecular complexity index is 178. The van der Waals surface area contributed by atoms with E-state index in [1.807, 2.05) is 0 Å². The normalized spacial score (nSPS) is 40.8. The topological polar surface area (TPSA) is 53.1 Å². The molecule has 2 saturated heterocycles. The third-order valence-corrected chi connectivity index (χ3v) is 3.14. The lowest BCUT2D eigenvalue weighted by Crippen LogP contribution is -2.47. The zero-order valence-corrected chi connectivity index (χ0v) is 7.42. The van der Waals surface area contributed by atoms with Gasteiger partial charge in [0.05, 0.1) is 5.84 Å². The van der Waals surface area contributed by atoms with Crippen molar-refractivity contribution in [1.82, 2.24) is 4.90 Å². The molecule has 0 aromatic rings. The molecule has 12 heavy (non-hydrogen) atoms. The first kappa shape index (κ1) is 8.05. The Balaban J connectivity index is 2.00. The average molecular weight is 167 g/mol. The SMILES string of the molecule is N=C(N)C1CC2CCCN(C2)C1. The summed E-state index contributed by atoms with van der Waals surface area (Å²) < 4.78 is 0. The highest BCUT2D eigenvalue weighted by atomic mass is 15.1. The molecule has 3 heteroatoms. The molecule has 0 saturated carbocycles. The quantitative estimate of drug-likeness (QED) is 0.445. The van der Waals surface area contributed by atoms with Crippen LogP contribution >= 0.6 is 0 Å². The predicted molar refractivity (Wildman–Crippen MR) is 49.2 cm³/mol. The highest BCUT2D eigenvalue weighted by molar-refractivity contribution is 5.79. The first-order valence-corrected chi connectivity index (χ1v) is 4.82. The van der Waals surface area contributed by atoms with Crippen LogP contribution in [0.25, 0.3) is 0 Å². The molecule has 0 aromatic carbocycles. The maximum atomic E-state index is 7.42. The Morgan fingerprint density at radius 2 is 2.25 bits per heavy atom. The van der Waals surface area contributed by atoms with Gasteiger partial charge in [0.25, 0.3) is 0 Å². The van der Waals surface area contributed by atoms with Crippen molar-refractivity contribution >= 4 is 5.84 Å². The van der Waals surface area contributed by atoms with E-state index in [-0.39, 0.29) is 0 Å². The van der Waals surface area contributed by atoms with Crippen LogP contribution in [-0.4, -0.2) is 30.4 Å². The summed E-state index contributed by atoms with van der Waals surface area (Å²) in [6.45, 7) is 3.51. The van der Waals surface area contributed by atoms with E-state index in [0.29, 0.717) is 11.8 Å². The molecule has 2 aliphatic rings. The van der Waals surface area contributed by atoms with E-state index in [9.17, 15) is 0 Å². The van der Waals surface area contributed by atoms with Crippen molar-refractivity contribution in [1.29, 1.82) is 5.41 Å². The fraction of sp³-hybridized carbons (Fsp3) is 0.889. The van der Waals surface area contributed by atoms with E-state index in [1.165, 1.54) is 25.9 Å². The number of hydrogen-bond acceptors (Lipinski definition) is 2. The second-order valence-corrected chi connectivity index (χ2v) is 4.16. The van der Waals surface area contributed by atoms with Gasteiger partial charge in [-0.15, -0.1) is 0 Å². The van der Waals surface area contributed by atoms with Crippen molar-refractivity contribution in [3.05, 3.63) is 0 Å². The van der Waals surface area contributed by atoms with Gasteiger partial charge in [-0.05, 0) is 31.7 Å². The molecule has 3 N–H and O–H groups in total. The standard InChI is InChI=1S/C9H17N3/c10-9(11)8-4-7-2-1-3-12(5-7)6-8/h7-8H,1-6H2,(H3,10,11). The molecule has 0 radical (unpaired) electrons. The number of nitrogens with two attached hydrogens (primary N) is 1. The third kappa shape index (κ3) is 1.46. The van der Waals surface area contributed by atoms with Crippen LogP contribution in [0.5, 0.6) is 0 Å². The van der Waals surface area contributed by atoms with Gasteiger partial charge < -0.3 is 10.6 Å². The average Bonchev–Trinajstić information content (AvgIpc) is 2.03. The number of piperidine rings is 2. The molecule has 2 rings (SSSR count). The molecule has 0 aliphatic carbocycles. The number of amidine groups is 1. The summed E-state index contributed by atoms with van der Waals surface area (Å²) in [5.41, 5.74) is 5.53. The van der Waals surface area contributed by atoms with Gasteiger partial charge in [0.2, 0.25) is 0 Å². The van der Waals surface area contributed by atoms with Crippen LogP contribution in [0.4, 0.5) is 0 Å². The van der Waals surface area contributed by atoms with Gasteiger partial charge >= 0.3 is 0 Å². The molecule has 2 fully saturated rings. The molecule has 3 unspecified atom stereocenters. The molecular weight excluding hydrogens is 150 g/mol. The highest BCUT2D eigenvalue weighted by Gasteiger charge is 2.31. The van der Waals surface area contributed by atoms with Crippen molar-refractivity contribution in [2.24, 2.45) is 17.6 Å². The molecule has 2 heterocycles. The van der Waals surface area contributed by atoms with E-state index < -0.39 is 0 Å². The van der Waals surface area contributed by atoms with E-state index in [2.05, 4.69) is 4.90 Å². The number of nitrogens with one attached hydrogen (secondary N) is 1. The fourth-order valence-corrected chi connectivity index (χ4v) is 2.52. The van der Waals surface area contributed by atoms with Crippen LogP contribution in [0, 0.1) is 17.2 Å².